The lowest BCUT2D eigenvalue weighted by Crippen LogP contribution is -2.18. The van der Waals surface area contributed by atoms with Crippen molar-refractivity contribution >= 4 is 11.8 Å². The third-order valence-corrected chi connectivity index (χ3v) is 2.68. The zero-order valence-corrected chi connectivity index (χ0v) is 11.4. The third kappa shape index (κ3) is 5.02. The van der Waals surface area contributed by atoms with E-state index in [1.54, 1.807) is 6.20 Å². The van der Waals surface area contributed by atoms with Crippen LogP contribution in [0.2, 0.25) is 0 Å². The molecule has 1 unspecified atom stereocenters. The fraction of sp³-hybridized carbons (Fsp3) is 0.692. The molecule has 0 aliphatic carbocycles. The molecular formula is C13H24N4. The van der Waals surface area contributed by atoms with Crippen molar-refractivity contribution in [3.05, 3.63) is 12.3 Å². The number of nitrogens with zero attached hydrogens (tertiary/aromatic N) is 3. The summed E-state index contributed by atoms with van der Waals surface area (Å²) in [6, 6.07) is 2.38. The molecule has 0 bridgehead atoms. The monoisotopic (exact) mass is 236 g/mol. The van der Waals surface area contributed by atoms with Gasteiger partial charge < -0.3 is 10.2 Å². The summed E-state index contributed by atoms with van der Waals surface area (Å²) < 4.78 is 0. The van der Waals surface area contributed by atoms with Gasteiger partial charge in [-0.15, -0.1) is 0 Å². The largest absolute Gasteiger partial charge is 0.367 e. The normalized spacial score (nSPS) is 12.2. The molecular weight excluding hydrogens is 212 g/mol. The Bertz CT molecular complexity index is 325. The minimum absolute atomic E-state index is 0.464. The highest BCUT2D eigenvalue weighted by Crippen LogP contribution is 2.11. The van der Waals surface area contributed by atoms with Crippen molar-refractivity contribution in [1.29, 1.82) is 0 Å². The second-order valence-electron chi connectivity index (χ2n) is 4.68. The summed E-state index contributed by atoms with van der Waals surface area (Å²) in [6.45, 7) is 4.43. The molecule has 1 N–H and O–H groups in total. The van der Waals surface area contributed by atoms with E-state index in [0.29, 0.717) is 6.04 Å². The SMILES string of the molecule is CCCCCC(C)Nc1ccnc(N(C)C)n1. The Kier molecular flexibility index (Phi) is 5.73. The molecule has 0 amide bonds. The maximum atomic E-state index is 4.44. The standard InChI is InChI=1S/C13H24N4/c1-5-6-7-8-11(2)15-12-9-10-14-13(16-12)17(3)4/h9-11H,5-8H2,1-4H3,(H,14,15,16). The molecule has 4 nitrogen and oxygen atoms in total. The molecule has 1 heterocycles. The van der Waals surface area contributed by atoms with Crippen molar-refractivity contribution in [2.75, 3.05) is 24.3 Å². The van der Waals surface area contributed by atoms with Crippen LogP contribution in [0.4, 0.5) is 11.8 Å². The molecule has 1 aromatic heterocycles. The predicted molar refractivity (Wildman–Crippen MR) is 73.6 cm³/mol. The van der Waals surface area contributed by atoms with E-state index in [1.807, 2.05) is 25.1 Å². The molecule has 96 valence electrons. The first-order valence-corrected chi connectivity index (χ1v) is 6.40. The Morgan fingerprint density at radius 2 is 2.12 bits per heavy atom. The van der Waals surface area contributed by atoms with E-state index in [4.69, 9.17) is 0 Å². The van der Waals surface area contributed by atoms with Gasteiger partial charge in [0.2, 0.25) is 5.95 Å². The Labute approximate surface area is 104 Å². The molecule has 4 heteroatoms. The van der Waals surface area contributed by atoms with Crippen molar-refractivity contribution in [3.8, 4) is 0 Å². The number of rotatable bonds is 7. The quantitative estimate of drug-likeness (QED) is 0.739. The van der Waals surface area contributed by atoms with E-state index in [-0.39, 0.29) is 0 Å². The molecule has 17 heavy (non-hydrogen) atoms. The summed E-state index contributed by atoms with van der Waals surface area (Å²) in [5, 5.41) is 3.42. The Morgan fingerprint density at radius 1 is 1.35 bits per heavy atom. The highest BCUT2D eigenvalue weighted by atomic mass is 15.2. The van der Waals surface area contributed by atoms with Crippen LogP contribution in [-0.4, -0.2) is 30.1 Å². The van der Waals surface area contributed by atoms with E-state index >= 15 is 0 Å². The highest BCUT2D eigenvalue weighted by Gasteiger charge is 2.04. The predicted octanol–water partition coefficient (Wildman–Crippen LogP) is 2.92. The van der Waals surface area contributed by atoms with Crippen molar-refractivity contribution in [2.24, 2.45) is 0 Å². The Morgan fingerprint density at radius 3 is 2.76 bits per heavy atom. The zero-order valence-electron chi connectivity index (χ0n) is 11.4. The summed E-state index contributed by atoms with van der Waals surface area (Å²) in [7, 11) is 3.90. The first-order valence-electron chi connectivity index (χ1n) is 6.40. The fourth-order valence-corrected chi connectivity index (χ4v) is 1.67. The van der Waals surface area contributed by atoms with Crippen LogP contribution in [0, 0.1) is 0 Å². The number of nitrogens with one attached hydrogen (secondary N) is 1. The number of hydrogen-bond donors (Lipinski definition) is 1. The van der Waals surface area contributed by atoms with Gasteiger partial charge >= 0.3 is 0 Å². The molecule has 0 aliphatic heterocycles. The van der Waals surface area contributed by atoms with Crippen molar-refractivity contribution in [3.63, 3.8) is 0 Å². The minimum Gasteiger partial charge on any atom is -0.367 e. The highest BCUT2D eigenvalue weighted by molar-refractivity contribution is 5.40. The lowest BCUT2D eigenvalue weighted by Gasteiger charge is -2.16. The van der Waals surface area contributed by atoms with Gasteiger partial charge in [0, 0.05) is 26.3 Å². The zero-order chi connectivity index (χ0) is 12.7. The van der Waals surface area contributed by atoms with Crippen LogP contribution in [0.25, 0.3) is 0 Å². The maximum Gasteiger partial charge on any atom is 0.226 e. The van der Waals surface area contributed by atoms with Gasteiger partial charge in [-0.25, -0.2) is 4.98 Å². The third-order valence-electron chi connectivity index (χ3n) is 2.68. The topological polar surface area (TPSA) is 41.1 Å². The molecule has 0 aliphatic rings. The summed E-state index contributed by atoms with van der Waals surface area (Å²) in [5.74, 6) is 1.66. The van der Waals surface area contributed by atoms with E-state index in [0.717, 1.165) is 11.8 Å². The van der Waals surface area contributed by atoms with Crippen LogP contribution < -0.4 is 10.2 Å². The molecule has 0 saturated heterocycles. The second kappa shape index (κ2) is 7.09. The summed E-state index contributed by atoms with van der Waals surface area (Å²) in [5.41, 5.74) is 0. The molecule has 0 radical (unpaired) electrons. The summed E-state index contributed by atoms with van der Waals surface area (Å²) >= 11 is 0. The van der Waals surface area contributed by atoms with Gasteiger partial charge in [0.05, 0.1) is 0 Å². The van der Waals surface area contributed by atoms with Gasteiger partial charge in [0.25, 0.3) is 0 Å². The Balaban J connectivity index is 2.47. The van der Waals surface area contributed by atoms with Gasteiger partial charge in [-0.1, -0.05) is 26.2 Å². The molecule has 1 rings (SSSR count). The van der Waals surface area contributed by atoms with Gasteiger partial charge in [0.1, 0.15) is 5.82 Å². The van der Waals surface area contributed by atoms with Crippen LogP contribution in [0.15, 0.2) is 12.3 Å². The van der Waals surface area contributed by atoms with Crippen LogP contribution in [-0.2, 0) is 0 Å². The molecule has 1 atom stereocenters. The van der Waals surface area contributed by atoms with Gasteiger partial charge in [-0.2, -0.15) is 4.98 Å². The molecule has 0 saturated carbocycles. The number of anilines is 2. The van der Waals surface area contributed by atoms with E-state index in [1.165, 1.54) is 25.7 Å². The molecule has 1 aromatic rings. The number of unbranched alkanes of at least 4 members (excludes halogenated alkanes) is 2. The van der Waals surface area contributed by atoms with Crippen LogP contribution >= 0.6 is 0 Å². The second-order valence-corrected chi connectivity index (χ2v) is 4.68. The number of aromatic nitrogens is 2. The van der Waals surface area contributed by atoms with Gasteiger partial charge in [-0.05, 0) is 19.4 Å². The van der Waals surface area contributed by atoms with Crippen LogP contribution in [0.3, 0.4) is 0 Å². The first kappa shape index (κ1) is 13.7. The van der Waals surface area contributed by atoms with Crippen LogP contribution in [0.1, 0.15) is 39.5 Å². The lowest BCUT2D eigenvalue weighted by atomic mass is 10.1. The molecule has 0 spiro atoms. The lowest BCUT2D eigenvalue weighted by molar-refractivity contribution is 0.613. The van der Waals surface area contributed by atoms with Crippen molar-refractivity contribution in [2.45, 2.75) is 45.6 Å². The van der Waals surface area contributed by atoms with E-state index < -0.39 is 0 Å². The molecule has 0 fully saturated rings. The average Bonchev–Trinajstić information content (AvgIpc) is 2.29. The van der Waals surface area contributed by atoms with E-state index in [9.17, 15) is 0 Å². The molecule has 0 aromatic carbocycles. The number of hydrogen-bond acceptors (Lipinski definition) is 4. The Hall–Kier alpha value is -1.32. The van der Waals surface area contributed by atoms with Crippen LogP contribution in [0.5, 0.6) is 0 Å². The van der Waals surface area contributed by atoms with E-state index in [2.05, 4.69) is 29.1 Å². The van der Waals surface area contributed by atoms with Gasteiger partial charge in [0.15, 0.2) is 0 Å². The summed E-state index contributed by atoms with van der Waals surface area (Å²) in [6.07, 6.45) is 6.83. The van der Waals surface area contributed by atoms with Gasteiger partial charge in [-0.3, -0.25) is 0 Å². The van der Waals surface area contributed by atoms with Crippen molar-refractivity contribution < 1.29 is 0 Å². The minimum atomic E-state index is 0.464. The first-order chi connectivity index (χ1) is 8.13. The average molecular weight is 236 g/mol. The summed E-state index contributed by atoms with van der Waals surface area (Å²) in [4.78, 5) is 10.6. The smallest absolute Gasteiger partial charge is 0.226 e. The maximum absolute atomic E-state index is 4.44. The fourth-order valence-electron chi connectivity index (χ4n) is 1.67. The van der Waals surface area contributed by atoms with Crippen molar-refractivity contribution in [1.82, 2.24) is 9.97 Å².